The Hall–Kier alpha value is -2.38. The lowest BCUT2D eigenvalue weighted by Gasteiger charge is -2.27. The van der Waals surface area contributed by atoms with Crippen LogP contribution in [0.25, 0.3) is 10.8 Å². The standard InChI is InChI=1S/C18H22ClN5O2/c1-26-16(25)18(6-2-3-7-18)23-9-11-4-5-12-13(8-11)15(24-17(20)21)22-10-14(12)19/h4-5,8,10,23H,2-3,6-7,9H2,1H3,(H4,20,21,22,24). The summed E-state index contributed by atoms with van der Waals surface area (Å²) < 4.78 is 5.00. The second-order valence-corrected chi connectivity index (χ2v) is 6.91. The summed E-state index contributed by atoms with van der Waals surface area (Å²) in [4.78, 5) is 16.5. The Morgan fingerprint density at radius 1 is 1.38 bits per heavy atom. The van der Waals surface area contributed by atoms with Gasteiger partial charge in [0.1, 0.15) is 11.4 Å². The molecule has 5 N–H and O–H groups in total. The van der Waals surface area contributed by atoms with Gasteiger partial charge in [-0.2, -0.15) is 0 Å². The van der Waals surface area contributed by atoms with Crippen LogP contribution in [0.1, 0.15) is 31.2 Å². The van der Waals surface area contributed by atoms with Crippen molar-refractivity contribution in [1.82, 2.24) is 10.3 Å². The highest BCUT2D eigenvalue weighted by atomic mass is 35.5. The lowest BCUT2D eigenvalue weighted by molar-refractivity contribution is -0.148. The van der Waals surface area contributed by atoms with Crippen molar-refractivity contribution in [2.45, 2.75) is 37.8 Å². The number of anilines is 1. The highest BCUT2D eigenvalue weighted by molar-refractivity contribution is 6.35. The Bertz CT molecular complexity index is 849. The number of carbonyl (C=O) groups excluding carboxylic acids is 1. The molecule has 1 aliphatic rings. The third-order valence-electron chi connectivity index (χ3n) is 4.82. The number of rotatable bonds is 5. The number of methoxy groups -OCH3 is 1. The zero-order valence-corrected chi connectivity index (χ0v) is 15.3. The van der Waals surface area contributed by atoms with Gasteiger partial charge >= 0.3 is 5.97 Å². The summed E-state index contributed by atoms with van der Waals surface area (Å²) in [5, 5.41) is 15.7. The maximum Gasteiger partial charge on any atom is 0.326 e. The summed E-state index contributed by atoms with van der Waals surface area (Å²) in [6, 6.07) is 5.80. The van der Waals surface area contributed by atoms with Gasteiger partial charge in [0.25, 0.3) is 0 Å². The van der Waals surface area contributed by atoms with E-state index in [4.69, 9.17) is 27.5 Å². The number of halogens is 1. The first-order chi connectivity index (χ1) is 12.4. The van der Waals surface area contributed by atoms with E-state index in [-0.39, 0.29) is 11.9 Å². The summed E-state index contributed by atoms with van der Waals surface area (Å²) in [5.41, 5.74) is 5.80. The van der Waals surface area contributed by atoms with Gasteiger partial charge in [0.05, 0.1) is 12.1 Å². The fourth-order valence-corrected chi connectivity index (χ4v) is 3.70. The van der Waals surface area contributed by atoms with E-state index < -0.39 is 5.54 Å². The van der Waals surface area contributed by atoms with E-state index >= 15 is 0 Å². The number of esters is 1. The molecule has 1 aromatic heterocycles. The normalized spacial score (nSPS) is 15.8. The lowest BCUT2D eigenvalue weighted by Crippen LogP contribution is -2.50. The number of pyridine rings is 1. The monoisotopic (exact) mass is 375 g/mol. The van der Waals surface area contributed by atoms with Crippen LogP contribution in [0.4, 0.5) is 5.82 Å². The van der Waals surface area contributed by atoms with Crippen LogP contribution >= 0.6 is 11.6 Å². The average Bonchev–Trinajstić information content (AvgIpc) is 3.11. The first-order valence-corrected chi connectivity index (χ1v) is 8.84. The molecule has 0 amide bonds. The van der Waals surface area contributed by atoms with Crippen molar-refractivity contribution in [3.63, 3.8) is 0 Å². The Labute approximate surface area is 156 Å². The van der Waals surface area contributed by atoms with Gasteiger partial charge in [-0.3, -0.25) is 15.5 Å². The molecule has 2 aromatic rings. The maximum atomic E-state index is 12.2. The minimum Gasteiger partial charge on any atom is -0.468 e. The number of hydrogen-bond donors (Lipinski definition) is 4. The Balaban J connectivity index is 1.88. The molecule has 0 spiro atoms. The van der Waals surface area contributed by atoms with Crippen molar-refractivity contribution in [3.05, 3.63) is 35.0 Å². The molecule has 3 rings (SSSR count). The summed E-state index contributed by atoms with van der Waals surface area (Å²) in [6.45, 7) is 0.511. The highest BCUT2D eigenvalue weighted by Gasteiger charge is 2.41. The first kappa shape index (κ1) is 18.4. The van der Waals surface area contributed by atoms with E-state index in [0.29, 0.717) is 17.4 Å². The molecule has 7 nitrogen and oxygen atoms in total. The zero-order chi connectivity index (χ0) is 18.7. The Morgan fingerprint density at radius 2 is 2.12 bits per heavy atom. The molecule has 26 heavy (non-hydrogen) atoms. The summed E-state index contributed by atoms with van der Waals surface area (Å²) in [7, 11) is 1.42. The second kappa shape index (κ2) is 7.47. The predicted octanol–water partition coefficient (Wildman–Crippen LogP) is 2.77. The number of carbonyl (C=O) groups is 1. The molecule has 0 aliphatic heterocycles. The molecule has 0 saturated heterocycles. The molecule has 0 unspecified atom stereocenters. The number of aromatic nitrogens is 1. The van der Waals surface area contributed by atoms with Crippen LogP contribution in [-0.4, -0.2) is 29.6 Å². The maximum absolute atomic E-state index is 12.2. The topological polar surface area (TPSA) is 113 Å². The number of guanidine groups is 1. The smallest absolute Gasteiger partial charge is 0.326 e. The summed E-state index contributed by atoms with van der Waals surface area (Å²) in [6.07, 6.45) is 5.09. The van der Waals surface area contributed by atoms with Crippen LogP contribution in [0.3, 0.4) is 0 Å². The van der Waals surface area contributed by atoms with Crippen molar-refractivity contribution in [1.29, 1.82) is 5.41 Å². The van der Waals surface area contributed by atoms with Gasteiger partial charge in [-0.15, -0.1) is 0 Å². The van der Waals surface area contributed by atoms with Crippen molar-refractivity contribution < 1.29 is 9.53 Å². The van der Waals surface area contributed by atoms with Gasteiger partial charge in [-0.1, -0.05) is 36.6 Å². The number of nitrogens with two attached hydrogens (primary N) is 1. The molecule has 1 heterocycles. The number of nitrogens with zero attached hydrogens (tertiary/aromatic N) is 1. The molecule has 0 radical (unpaired) electrons. The zero-order valence-electron chi connectivity index (χ0n) is 14.6. The molecular formula is C18H22ClN5O2. The number of hydrogen-bond acceptors (Lipinski definition) is 5. The number of ether oxygens (including phenoxy) is 1. The van der Waals surface area contributed by atoms with Crippen LogP contribution in [-0.2, 0) is 16.1 Å². The molecule has 1 saturated carbocycles. The molecular weight excluding hydrogens is 354 g/mol. The van der Waals surface area contributed by atoms with Crippen molar-refractivity contribution in [2.24, 2.45) is 5.73 Å². The van der Waals surface area contributed by atoms with Crippen molar-refractivity contribution in [2.75, 3.05) is 12.4 Å². The molecule has 1 aliphatic carbocycles. The summed E-state index contributed by atoms with van der Waals surface area (Å²) in [5.74, 6) is 0.0713. The fourth-order valence-electron chi connectivity index (χ4n) is 3.49. The highest BCUT2D eigenvalue weighted by Crippen LogP contribution is 2.32. The lowest BCUT2D eigenvalue weighted by atomic mass is 9.97. The van der Waals surface area contributed by atoms with Gasteiger partial charge in [0.2, 0.25) is 0 Å². The fraction of sp³-hybridized carbons (Fsp3) is 0.389. The number of fused-ring (bicyclic) bond motifs is 1. The van der Waals surface area contributed by atoms with E-state index in [1.54, 1.807) is 0 Å². The molecule has 138 valence electrons. The number of nitrogens with one attached hydrogen (secondary N) is 3. The third-order valence-corrected chi connectivity index (χ3v) is 5.12. The van der Waals surface area contributed by atoms with E-state index in [2.05, 4.69) is 15.6 Å². The average molecular weight is 376 g/mol. The minimum atomic E-state index is -0.614. The van der Waals surface area contributed by atoms with Gasteiger partial charge in [-0.25, -0.2) is 4.98 Å². The third kappa shape index (κ3) is 3.59. The van der Waals surface area contributed by atoms with Crippen LogP contribution in [0.5, 0.6) is 0 Å². The van der Waals surface area contributed by atoms with E-state index in [9.17, 15) is 4.79 Å². The van der Waals surface area contributed by atoms with Gasteiger partial charge < -0.3 is 15.8 Å². The van der Waals surface area contributed by atoms with Crippen LogP contribution < -0.4 is 16.4 Å². The van der Waals surface area contributed by atoms with Crippen LogP contribution in [0.2, 0.25) is 5.02 Å². The quantitative estimate of drug-likeness (QED) is 0.363. The van der Waals surface area contributed by atoms with E-state index in [1.807, 2.05) is 18.2 Å². The van der Waals surface area contributed by atoms with E-state index in [1.165, 1.54) is 13.3 Å². The molecule has 1 fully saturated rings. The minimum absolute atomic E-state index is 0.194. The van der Waals surface area contributed by atoms with Crippen molar-refractivity contribution >= 4 is 40.1 Å². The molecule has 1 aromatic carbocycles. The van der Waals surface area contributed by atoms with Gasteiger partial charge in [0, 0.05) is 23.5 Å². The molecule has 0 bridgehead atoms. The van der Waals surface area contributed by atoms with Crippen LogP contribution in [0.15, 0.2) is 24.4 Å². The largest absolute Gasteiger partial charge is 0.468 e. The second-order valence-electron chi connectivity index (χ2n) is 6.51. The Morgan fingerprint density at radius 3 is 2.77 bits per heavy atom. The summed E-state index contributed by atoms with van der Waals surface area (Å²) >= 11 is 6.23. The van der Waals surface area contributed by atoms with Gasteiger partial charge in [0.15, 0.2) is 5.96 Å². The Kier molecular flexibility index (Phi) is 5.29. The predicted molar refractivity (Wildman–Crippen MR) is 102 cm³/mol. The molecule has 8 heteroatoms. The molecule has 0 atom stereocenters. The number of benzene rings is 1. The van der Waals surface area contributed by atoms with Gasteiger partial charge in [-0.05, 0) is 24.5 Å². The van der Waals surface area contributed by atoms with Crippen LogP contribution in [0, 0.1) is 5.41 Å². The first-order valence-electron chi connectivity index (χ1n) is 8.47. The van der Waals surface area contributed by atoms with E-state index in [0.717, 1.165) is 42.0 Å². The SMILES string of the molecule is COC(=O)C1(NCc2ccc3c(Cl)cnc(NC(=N)N)c3c2)CCCC1. The van der Waals surface area contributed by atoms with Crippen molar-refractivity contribution in [3.8, 4) is 0 Å².